The Morgan fingerprint density at radius 1 is 1.67 bits per heavy atom. The third-order valence-electron chi connectivity index (χ3n) is 2.56. The van der Waals surface area contributed by atoms with Gasteiger partial charge in [0.2, 0.25) is 5.92 Å². The molecular weight excluding hydrogens is 206 g/mol. The van der Waals surface area contributed by atoms with Crippen molar-refractivity contribution >= 4 is 5.97 Å². The number of nitrogens with zero attached hydrogens (tertiary/aromatic N) is 2. The van der Waals surface area contributed by atoms with E-state index in [0.717, 1.165) is 0 Å². The highest BCUT2D eigenvalue weighted by atomic mass is 19.3. The molecule has 0 unspecified atom stereocenters. The number of aromatic nitrogens is 2. The number of hydrogen-bond donors (Lipinski definition) is 1. The predicted octanol–water partition coefficient (Wildman–Crippen LogP) is 1.63. The number of carbonyl (C=O) groups is 1. The minimum Gasteiger partial charge on any atom is -0.477 e. The Labute approximate surface area is 84.5 Å². The minimum atomic E-state index is -2.56. The third-order valence-corrected chi connectivity index (χ3v) is 2.56. The number of aromatic carboxylic acids is 1. The Bertz CT molecular complexity index is 381. The van der Waals surface area contributed by atoms with Gasteiger partial charge in [0.25, 0.3) is 0 Å². The molecule has 0 aliphatic heterocycles. The normalized spacial score (nSPS) is 19.9. The standard InChI is InChI=1S/C9H10F2N2O2/c10-9(11)1-6(2-9)4-13-5-12-3-7(13)8(14)15/h3,5-6H,1-2,4H2,(H,14,15). The summed E-state index contributed by atoms with van der Waals surface area (Å²) in [6, 6.07) is 0. The molecule has 15 heavy (non-hydrogen) atoms. The van der Waals surface area contributed by atoms with Crippen molar-refractivity contribution in [3.05, 3.63) is 18.2 Å². The van der Waals surface area contributed by atoms with Crippen molar-refractivity contribution in [2.45, 2.75) is 25.3 Å². The number of carboxylic acids is 1. The summed E-state index contributed by atoms with van der Waals surface area (Å²) in [5, 5.41) is 8.75. The zero-order valence-corrected chi connectivity index (χ0v) is 7.86. The van der Waals surface area contributed by atoms with E-state index >= 15 is 0 Å². The van der Waals surface area contributed by atoms with Gasteiger partial charge in [-0.15, -0.1) is 0 Å². The number of hydrogen-bond acceptors (Lipinski definition) is 2. The Hall–Kier alpha value is -1.46. The van der Waals surface area contributed by atoms with Crippen molar-refractivity contribution < 1.29 is 18.7 Å². The molecule has 0 saturated heterocycles. The SMILES string of the molecule is O=C(O)c1cncn1CC1CC(F)(F)C1. The molecule has 1 N–H and O–H groups in total. The molecule has 0 radical (unpaired) electrons. The van der Waals surface area contributed by atoms with E-state index in [-0.39, 0.29) is 24.5 Å². The predicted molar refractivity (Wildman–Crippen MR) is 46.9 cm³/mol. The second-order valence-electron chi connectivity index (χ2n) is 3.87. The van der Waals surface area contributed by atoms with Crippen LogP contribution in [0.3, 0.4) is 0 Å². The molecule has 0 atom stereocenters. The van der Waals surface area contributed by atoms with Crippen molar-refractivity contribution in [1.82, 2.24) is 9.55 Å². The van der Waals surface area contributed by atoms with Crippen molar-refractivity contribution in [2.24, 2.45) is 5.92 Å². The number of rotatable bonds is 3. The number of carboxylic acid groups (broad SMARTS) is 1. The van der Waals surface area contributed by atoms with E-state index in [1.807, 2.05) is 0 Å². The molecule has 1 heterocycles. The van der Waals surface area contributed by atoms with Gasteiger partial charge in [-0.05, 0) is 5.92 Å². The number of alkyl halides is 2. The minimum absolute atomic E-state index is 0.0465. The molecule has 0 amide bonds. The number of halogens is 2. The lowest BCUT2D eigenvalue weighted by Gasteiger charge is -2.35. The smallest absolute Gasteiger partial charge is 0.354 e. The van der Waals surface area contributed by atoms with E-state index in [4.69, 9.17) is 5.11 Å². The lowest BCUT2D eigenvalue weighted by Crippen LogP contribution is -2.37. The van der Waals surface area contributed by atoms with Gasteiger partial charge in [0.05, 0.1) is 12.5 Å². The van der Waals surface area contributed by atoms with Gasteiger partial charge >= 0.3 is 5.97 Å². The number of imidazole rings is 1. The molecule has 1 aromatic heterocycles. The van der Waals surface area contributed by atoms with Gasteiger partial charge in [-0.1, -0.05) is 0 Å². The maximum Gasteiger partial charge on any atom is 0.354 e. The van der Waals surface area contributed by atoms with Crippen LogP contribution in [0.4, 0.5) is 8.78 Å². The van der Waals surface area contributed by atoms with Crippen LogP contribution in [0.25, 0.3) is 0 Å². The first-order chi connectivity index (χ1) is 6.98. The second-order valence-corrected chi connectivity index (χ2v) is 3.87. The highest BCUT2D eigenvalue weighted by molar-refractivity contribution is 5.85. The molecule has 4 nitrogen and oxygen atoms in total. The summed E-state index contributed by atoms with van der Waals surface area (Å²) in [4.78, 5) is 14.4. The van der Waals surface area contributed by atoms with Crippen LogP contribution >= 0.6 is 0 Å². The van der Waals surface area contributed by atoms with Crippen LogP contribution in [0, 0.1) is 5.92 Å². The highest BCUT2D eigenvalue weighted by Gasteiger charge is 2.45. The van der Waals surface area contributed by atoms with Gasteiger partial charge in [-0.2, -0.15) is 0 Å². The van der Waals surface area contributed by atoms with Crippen molar-refractivity contribution in [3.63, 3.8) is 0 Å². The fourth-order valence-electron chi connectivity index (χ4n) is 1.84. The first-order valence-corrected chi connectivity index (χ1v) is 4.59. The summed E-state index contributed by atoms with van der Waals surface area (Å²) < 4.78 is 26.5. The lowest BCUT2D eigenvalue weighted by atomic mass is 9.81. The molecule has 1 aromatic rings. The average molecular weight is 216 g/mol. The van der Waals surface area contributed by atoms with Gasteiger partial charge in [-0.3, -0.25) is 0 Å². The van der Waals surface area contributed by atoms with Gasteiger partial charge in [0.1, 0.15) is 5.69 Å². The maximum atomic E-state index is 12.5. The van der Waals surface area contributed by atoms with Crippen LogP contribution in [0.5, 0.6) is 0 Å². The largest absolute Gasteiger partial charge is 0.477 e. The van der Waals surface area contributed by atoms with Crippen LogP contribution < -0.4 is 0 Å². The van der Waals surface area contributed by atoms with E-state index in [9.17, 15) is 13.6 Å². The first kappa shape index (κ1) is 10.1. The summed E-state index contributed by atoms with van der Waals surface area (Å²) in [5.41, 5.74) is 0.0465. The maximum absolute atomic E-state index is 12.5. The van der Waals surface area contributed by atoms with E-state index in [1.165, 1.54) is 17.1 Å². The van der Waals surface area contributed by atoms with Gasteiger partial charge in [-0.25, -0.2) is 18.6 Å². The molecule has 2 rings (SSSR count). The van der Waals surface area contributed by atoms with Crippen LogP contribution in [-0.4, -0.2) is 26.5 Å². The van der Waals surface area contributed by atoms with Crippen molar-refractivity contribution in [2.75, 3.05) is 0 Å². The molecule has 0 bridgehead atoms. The Balaban J connectivity index is 2.00. The zero-order chi connectivity index (χ0) is 11.1. The van der Waals surface area contributed by atoms with Crippen molar-refractivity contribution in [1.29, 1.82) is 0 Å². The summed E-state index contributed by atoms with van der Waals surface area (Å²) in [6.45, 7) is 0.303. The van der Waals surface area contributed by atoms with Crippen LogP contribution in [0.2, 0.25) is 0 Å². The fraction of sp³-hybridized carbons (Fsp3) is 0.556. The molecule has 0 aromatic carbocycles. The van der Waals surface area contributed by atoms with Crippen LogP contribution in [0.15, 0.2) is 12.5 Å². The van der Waals surface area contributed by atoms with Gasteiger partial charge < -0.3 is 9.67 Å². The molecule has 82 valence electrons. The highest BCUT2D eigenvalue weighted by Crippen LogP contribution is 2.43. The molecule has 6 heteroatoms. The monoisotopic (exact) mass is 216 g/mol. The van der Waals surface area contributed by atoms with Crippen molar-refractivity contribution in [3.8, 4) is 0 Å². The second kappa shape index (κ2) is 3.29. The van der Waals surface area contributed by atoms with E-state index in [2.05, 4.69) is 4.98 Å². The first-order valence-electron chi connectivity index (χ1n) is 4.59. The molecule has 0 spiro atoms. The van der Waals surface area contributed by atoms with Crippen LogP contribution in [-0.2, 0) is 6.54 Å². The molecule has 1 saturated carbocycles. The summed E-state index contributed by atoms with van der Waals surface area (Å²) in [6.07, 6.45) is 2.26. The zero-order valence-electron chi connectivity index (χ0n) is 7.86. The average Bonchev–Trinajstić information content (AvgIpc) is 2.48. The Kier molecular flexibility index (Phi) is 2.21. The summed E-state index contributed by atoms with van der Waals surface area (Å²) in [7, 11) is 0. The topological polar surface area (TPSA) is 55.1 Å². The Morgan fingerprint density at radius 2 is 2.33 bits per heavy atom. The van der Waals surface area contributed by atoms with E-state index in [1.54, 1.807) is 0 Å². The van der Waals surface area contributed by atoms with E-state index in [0.29, 0.717) is 6.54 Å². The van der Waals surface area contributed by atoms with Gasteiger partial charge in [0, 0.05) is 19.4 Å². The molecule has 1 aliphatic rings. The lowest BCUT2D eigenvalue weighted by molar-refractivity contribution is -0.114. The third kappa shape index (κ3) is 1.98. The summed E-state index contributed by atoms with van der Waals surface area (Å²) in [5.74, 6) is -3.79. The molecule has 1 fully saturated rings. The van der Waals surface area contributed by atoms with Gasteiger partial charge in [0.15, 0.2) is 0 Å². The summed E-state index contributed by atoms with van der Waals surface area (Å²) >= 11 is 0. The fourth-order valence-corrected chi connectivity index (χ4v) is 1.84. The quantitative estimate of drug-likeness (QED) is 0.835. The Morgan fingerprint density at radius 3 is 2.87 bits per heavy atom. The molecular formula is C9H10F2N2O2. The van der Waals surface area contributed by atoms with E-state index < -0.39 is 11.9 Å². The van der Waals surface area contributed by atoms with Crippen LogP contribution in [0.1, 0.15) is 23.3 Å². The molecule has 1 aliphatic carbocycles.